The first-order chi connectivity index (χ1) is 6.75. The summed E-state index contributed by atoms with van der Waals surface area (Å²) in [6, 6.07) is 0.364. The quantitative estimate of drug-likeness (QED) is 0.835. The van der Waals surface area contributed by atoms with Crippen LogP contribution in [0.3, 0.4) is 0 Å². The van der Waals surface area contributed by atoms with E-state index in [9.17, 15) is 0 Å². The summed E-state index contributed by atoms with van der Waals surface area (Å²) in [7, 11) is 0. The molecule has 2 rings (SSSR count). The first-order valence-electron chi connectivity index (χ1n) is 5.06. The Morgan fingerprint density at radius 3 is 3.14 bits per heavy atom. The van der Waals surface area contributed by atoms with Crippen molar-refractivity contribution in [3.63, 3.8) is 0 Å². The highest BCUT2D eigenvalue weighted by Crippen LogP contribution is 2.22. The molecule has 0 saturated carbocycles. The molecule has 4 heteroatoms. The van der Waals surface area contributed by atoms with Crippen molar-refractivity contribution >= 4 is 16.5 Å². The third kappa shape index (κ3) is 2.25. The van der Waals surface area contributed by atoms with Gasteiger partial charge in [0.25, 0.3) is 0 Å². The summed E-state index contributed by atoms with van der Waals surface area (Å²) in [5.74, 6) is 0. The van der Waals surface area contributed by atoms with Crippen LogP contribution in [0.15, 0.2) is 6.20 Å². The van der Waals surface area contributed by atoms with Crippen LogP contribution < -0.4 is 5.32 Å². The van der Waals surface area contributed by atoms with Crippen LogP contribution in [0, 0.1) is 6.92 Å². The zero-order valence-electron chi connectivity index (χ0n) is 8.62. The SMILES string of the molecule is Cc1cnc(NC(C)C2CCCO2)s1. The highest BCUT2D eigenvalue weighted by Gasteiger charge is 2.22. The molecule has 1 aliphatic heterocycles. The number of aromatic nitrogens is 1. The number of ether oxygens (including phenoxy) is 1. The Morgan fingerprint density at radius 1 is 1.71 bits per heavy atom. The number of aryl methyl sites for hydroxylation is 1. The van der Waals surface area contributed by atoms with Crippen molar-refractivity contribution in [1.82, 2.24) is 4.98 Å². The number of hydrogen-bond donors (Lipinski definition) is 1. The number of anilines is 1. The lowest BCUT2D eigenvalue weighted by atomic mass is 10.1. The lowest BCUT2D eigenvalue weighted by Crippen LogP contribution is -2.29. The van der Waals surface area contributed by atoms with Crippen LogP contribution in [0.1, 0.15) is 24.6 Å². The third-order valence-corrected chi connectivity index (χ3v) is 3.34. The van der Waals surface area contributed by atoms with E-state index in [4.69, 9.17) is 4.74 Å². The molecular weight excluding hydrogens is 196 g/mol. The molecule has 1 aromatic rings. The number of rotatable bonds is 3. The molecule has 1 saturated heterocycles. The van der Waals surface area contributed by atoms with Gasteiger partial charge in [0.1, 0.15) is 0 Å². The maximum absolute atomic E-state index is 5.61. The van der Waals surface area contributed by atoms with Crippen molar-refractivity contribution in [2.45, 2.75) is 38.8 Å². The van der Waals surface area contributed by atoms with Crippen molar-refractivity contribution in [2.24, 2.45) is 0 Å². The number of nitrogens with zero attached hydrogens (tertiary/aromatic N) is 1. The fraction of sp³-hybridized carbons (Fsp3) is 0.700. The Labute approximate surface area is 88.5 Å². The van der Waals surface area contributed by atoms with Crippen LogP contribution in [0.2, 0.25) is 0 Å². The van der Waals surface area contributed by atoms with Gasteiger partial charge >= 0.3 is 0 Å². The lowest BCUT2D eigenvalue weighted by Gasteiger charge is -2.19. The molecule has 1 aromatic heterocycles. The molecule has 0 radical (unpaired) electrons. The average molecular weight is 212 g/mol. The summed E-state index contributed by atoms with van der Waals surface area (Å²) in [6.07, 6.45) is 4.61. The second-order valence-corrected chi connectivity index (χ2v) is 5.00. The maximum Gasteiger partial charge on any atom is 0.183 e. The summed E-state index contributed by atoms with van der Waals surface area (Å²) in [5.41, 5.74) is 0. The van der Waals surface area contributed by atoms with Crippen LogP contribution in [-0.4, -0.2) is 23.7 Å². The second-order valence-electron chi connectivity index (χ2n) is 3.76. The smallest absolute Gasteiger partial charge is 0.183 e. The fourth-order valence-corrected chi connectivity index (χ4v) is 2.47. The van der Waals surface area contributed by atoms with E-state index in [1.807, 2.05) is 6.20 Å². The molecule has 0 aromatic carbocycles. The van der Waals surface area contributed by atoms with E-state index in [1.165, 1.54) is 17.7 Å². The van der Waals surface area contributed by atoms with Gasteiger partial charge in [0, 0.05) is 17.7 Å². The van der Waals surface area contributed by atoms with Gasteiger partial charge in [-0.3, -0.25) is 0 Å². The topological polar surface area (TPSA) is 34.2 Å². The van der Waals surface area contributed by atoms with E-state index in [0.717, 1.165) is 11.7 Å². The van der Waals surface area contributed by atoms with Crippen molar-refractivity contribution in [3.05, 3.63) is 11.1 Å². The van der Waals surface area contributed by atoms with E-state index >= 15 is 0 Å². The van der Waals surface area contributed by atoms with Crippen molar-refractivity contribution in [2.75, 3.05) is 11.9 Å². The van der Waals surface area contributed by atoms with Gasteiger partial charge in [-0.25, -0.2) is 4.98 Å². The second kappa shape index (κ2) is 4.28. The highest BCUT2D eigenvalue weighted by molar-refractivity contribution is 7.15. The Morgan fingerprint density at radius 2 is 2.57 bits per heavy atom. The van der Waals surface area contributed by atoms with Crippen molar-refractivity contribution < 1.29 is 4.74 Å². The molecule has 78 valence electrons. The number of nitrogens with one attached hydrogen (secondary N) is 1. The van der Waals surface area contributed by atoms with E-state index in [-0.39, 0.29) is 0 Å². The minimum Gasteiger partial charge on any atom is -0.376 e. The summed E-state index contributed by atoms with van der Waals surface area (Å²) >= 11 is 1.70. The van der Waals surface area contributed by atoms with Crippen molar-refractivity contribution in [1.29, 1.82) is 0 Å². The van der Waals surface area contributed by atoms with Gasteiger partial charge in [-0.15, -0.1) is 11.3 Å². The van der Waals surface area contributed by atoms with Crippen LogP contribution in [0.4, 0.5) is 5.13 Å². The van der Waals surface area contributed by atoms with Gasteiger partial charge in [0.2, 0.25) is 0 Å². The summed E-state index contributed by atoms with van der Waals surface area (Å²) < 4.78 is 5.61. The van der Waals surface area contributed by atoms with E-state index < -0.39 is 0 Å². The molecule has 2 unspecified atom stereocenters. The standard InChI is InChI=1S/C10H16N2OS/c1-7-6-11-10(14-7)12-8(2)9-4-3-5-13-9/h6,8-9H,3-5H2,1-2H3,(H,11,12). The lowest BCUT2D eigenvalue weighted by molar-refractivity contribution is 0.0996. The van der Waals surface area contributed by atoms with Crippen LogP contribution in [0.5, 0.6) is 0 Å². The molecule has 0 spiro atoms. The average Bonchev–Trinajstić information content (AvgIpc) is 2.75. The number of hydrogen-bond acceptors (Lipinski definition) is 4. The van der Waals surface area contributed by atoms with Crippen LogP contribution >= 0.6 is 11.3 Å². The highest BCUT2D eigenvalue weighted by atomic mass is 32.1. The van der Waals surface area contributed by atoms with Gasteiger partial charge in [-0.1, -0.05) is 0 Å². The molecule has 1 aliphatic rings. The van der Waals surface area contributed by atoms with Gasteiger partial charge < -0.3 is 10.1 Å². The molecule has 3 nitrogen and oxygen atoms in total. The Bertz CT molecular complexity index is 294. The van der Waals surface area contributed by atoms with Gasteiger partial charge in [0.15, 0.2) is 5.13 Å². The Balaban J connectivity index is 1.90. The third-order valence-electron chi connectivity index (χ3n) is 2.50. The fourth-order valence-electron chi connectivity index (χ4n) is 1.71. The molecule has 0 bridgehead atoms. The van der Waals surface area contributed by atoms with Gasteiger partial charge in [-0.05, 0) is 26.7 Å². The molecular formula is C10H16N2OS. The maximum atomic E-state index is 5.61. The molecule has 0 amide bonds. The van der Waals surface area contributed by atoms with Crippen LogP contribution in [-0.2, 0) is 4.74 Å². The zero-order chi connectivity index (χ0) is 9.97. The summed E-state index contributed by atoms with van der Waals surface area (Å²) in [4.78, 5) is 5.52. The zero-order valence-corrected chi connectivity index (χ0v) is 9.43. The molecule has 2 atom stereocenters. The monoisotopic (exact) mass is 212 g/mol. The predicted octanol–water partition coefficient (Wildman–Crippen LogP) is 2.43. The van der Waals surface area contributed by atoms with E-state index in [2.05, 4.69) is 24.1 Å². The van der Waals surface area contributed by atoms with Gasteiger partial charge in [-0.2, -0.15) is 0 Å². The van der Waals surface area contributed by atoms with Crippen molar-refractivity contribution in [3.8, 4) is 0 Å². The van der Waals surface area contributed by atoms with Gasteiger partial charge in [0.05, 0.1) is 12.1 Å². The summed E-state index contributed by atoms with van der Waals surface area (Å²) in [5, 5.41) is 4.39. The molecule has 1 N–H and O–H groups in total. The first kappa shape index (κ1) is 9.93. The first-order valence-corrected chi connectivity index (χ1v) is 5.88. The Hall–Kier alpha value is -0.610. The molecule has 1 fully saturated rings. The minimum atomic E-state index is 0.360. The molecule has 0 aliphatic carbocycles. The van der Waals surface area contributed by atoms with Crippen LogP contribution in [0.25, 0.3) is 0 Å². The molecule has 14 heavy (non-hydrogen) atoms. The Kier molecular flexibility index (Phi) is 3.03. The van der Waals surface area contributed by atoms with E-state index in [1.54, 1.807) is 11.3 Å². The molecule has 2 heterocycles. The predicted molar refractivity (Wildman–Crippen MR) is 58.9 cm³/mol. The normalized spacial score (nSPS) is 23.7. The summed E-state index contributed by atoms with van der Waals surface area (Å²) in [6.45, 7) is 5.14. The minimum absolute atomic E-state index is 0.360. The largest absolute Gasteiger partial charge is 0.376 e. The number of thiazole rings is 1. The van der Waals surface area contributed by atoms with E-state index in [0.29, 0.717) is 12.1 Å².